The minimum atomic E-state index is -0.752. The first-order valence-electron chi connectivity index (χ1n) is 5.66. The van der Waals surface area contributed by atoms with E-state index in [-0.39, 0.29) is 5.92 Å². The first kappa shape index (κ1) is 13.4. The zero-order valence-corrected chi connectivity index (χ0v) is 10.5. The zero-order valence-electron chi connectivity index (χ0n) is 10.5. The predicted molar refractivity (Wildman–Crippen MR) is 67.6 cm³/mol. The molecule has 94 valence electrons. The summed E-state index contributed by atoms with van der Waals surface area (Å²) in [6.07, 6.45) is 0.612. The quantitative estimate of drug-likeness (QED) is 0.798. The normalized spacial score (nSPS) is 11.9. The van der Waals surface area contributed by atoms with Gasteiger partial charge in [0.15, 0.2) is 0 Å². The Morgan fingerprint density at radius 1 is 1.53 bits per heavy atom. The molecule has 17 heavy (non-hydrogen) atoms. The van der Waals surface area contributed by atoms with Gasteiger partial charge in [0, 0.05) is 12.2 Å². The number of carbonyl (C=O) groups is 1. The van der Waals surface area contributed by atoms with Gasteiger partial charge in [0.1, 0.15) is 5.75 Å². The molecule has 1 aromatic rings. The second-order valence-corrected chi connectivity index (χ2v) is 4.14. The highest BCUT2D eigenvalue weighted by molar-refractivity contribution is 5.69. The van der Waals surface area contributed by atoms with Crippen LogP contribution in [0.5, 0.6) is 5.75 Å². The number of ether oxygens (including phenoxy) is 1. The lowest BCUT2D eigenvalue weighted by molar-refractivity contribution is -0.141. The van der Waals surface area contributed by atoms with Gasteiger partial charge in [-0.1, -0.05) is 6.92 Å². The molecule has 0 amide bonds. The maximum Gasteiger partial charge on any atom is 0.306 e. The molecule has 0 saturated carbocycles. The first-order valence-corrected chi connectivity index (χ1v) is 5.66. The van der Waals surface area contributed by atoms with E-state index in [0.717, 1.165) is 17.0 Å². The number of rotatable bonds is 6. The molecule has 1 aromatic carbocycles. The van der Waals surface area contributed by atoms with Crippen LogP contribution in [0.25, 0.3) is 0 Å². The topological polar surface area (TPSA) is 58.6 Å². The fourth-order valence-electron chi connectivity index (χ4n) is 1.54. The molecule has 0 saturated heterocycles. The molecule has 1 unspecified atom stereocenters. The van der Waals surface area contributed by atoms with Crippen molar-refractivity contribution in [2.75, 3.05) is 19.0 Å². The maximum absolute atomic E-state index is 10.6. The number of hydrogen-bond acceptors (Lipinski definition) is 3. The molecule has 0 aliphatic rings. The number of aryl methyl sites for hydroxylation is 1. The van der Waals surface area contributed by atoms with Crippen LogP contribution < -0.4 is 10.1 Å². The van der Waals surface area contributed by atoms with E-state index in [4.69, 9.17) is 9.84 Å². The van der Waals surface area contributed by atoms with Gasteiger partial charge in [0.25, 0.3) is 0 Å². The molecule has 4 nitrogen and oxygen atoms in total. The summed E-state index contributed by atoms with van der Waals surface area (Å²) in [5.74, 6) is -0.214. The molecule has 0 aromatic heterocycles. The number of benzene rings is 1. The van der Waals surface area contributed by atoms with Crippen molar-refractivity contribution in [1.29, 1.82) is 0 Å². The van der Waals surface area contributed by atoms with Crippen LogP contribution in [0.2, 0.25) is 0 Å². The van der Waals surface area contributed by atoms with Gasteiger partial charge in [-0.25, -0.2) is 0 Å². The minimum Gasteiger partial charge on any atom is -0.496 e. The molecule has 4 heteroatoms. The van der Waals surface area contributed by atoms with Gasteiger partial charge in [-0.05, 0) is 37.1 Å². The lowest BCUT2D eigenvalue weighted by Crippen LogP contribution is -2.14. The van der Waals surface area contributed by atoms with Gasteiger partial charge in [0.05, 0.1) is 13.0 Å². The largest absolute Gasteiger partial charge is 0.496 e. The van der Waals surface area contributed by atoms with Crippen LogP contribution in [0.1, 0.15) is 18.9 Å². The van der Waals surface area contributed by atoms with Crippen molar-refractivity contribution in [3.63, 3.8) is 0 Å². The highest BCUT2D eigenvalue weighted by atomic mass is 16.5. The Balaban J connectivity index is 2.47. The van der Waals surface area contributed by atoms with E-state index < -0.39 is 5.97 Å². The van der Waals surface area contributed by atoms with Gasteiger partial charge in [-0.3, -0.25) is 4.79 Å². The lowest BCUT2D eigenvalue weighted by Gasteiger charge is -2.11. The van der Waals surface area contributed by atoms with Crippen LogP contribution in [0.15, 0.2) is 18.2 Å². The fourth-order valence-corrected chi connectivity index (χ4v) is 1.54. The number of methoxy groups -OCH3 is 1. The van der Waals surface area contributed by atoms with E-state index in [9.17, 15) is 4.79 Å². The third kappa shape index (κ3) is 3.98. The number of aliphatic carboxylic acids is 1. The van der Waals surface area contributed by atoms with Gasteiger partial charge in [-0.15, -0.1) is 0 Å². The molecule has 1 rings (SSSR count). The molecule has 0 heterocycles. The Labute approximate surface area is 102 Å². The van der Waals surface area contributed by atoms with E-state index in [1.807, 2.05) is 25.1 Å². The molecule has 0 aliphatic heterocycles. The summed E-state index contributed by atoms with van der Waals surface area (Å²) >= 11 is 0. The van der Waals surface area contributed by atoms with Crippen LogP contribution in [-0.4, -0.2) is 24.7 Å². The van der Waals surface area contributed by atoms with Gasteiger partial charge in [-0.2, -0.15) is 0 Å². The highest BCUT2D eigenvalue weighted by Gasteiger charge is 2.09. The molecule has 0 aliphatic carbocycles. The number of hydrogen-bond donors (Lipinski definition) is 2. The summed E-state index contributed by atoms with van der Waals surface area (Å²) in [6, 6.07) is 5.82. The second kappa shape index (κ2) is 6.13. The Morgan fingerprint density at radius 2 is 2.24 bits per heavy atom. The van der Waals surface area contributed by atoms with Crippen molar-refractivity contribution in [2.45, 2.75) is 20.3 Å². The van der Waals surface area contributed by atoms with Crippen LogP contribution in [0.3, 0.4) is 0 Å². The Kier molecular flexibility index (Phi) is 4.82. The van der Waals surface area contributed by atoms with Crippen molar-refractivity contribution in [3.05, 3.63) is 23.8 Å². The summed E-state index contributed by atoms with van der Waals surface area (Å²) in [5.41, 5.74) is 2.05. The molecule has 0 spiro atoms. The SMILES string of the molecule is COc1ccc(NCCC(C)C(=O)O)cc1C. The van der Waals surface area contributed by atoms with Crippen LogP contribution in [0.4, 0.5) is 5.69 Å². The Hall–Kier alpha value is -1.71. The summed E-state index contributed by atoms with van der Waals surface area (Å²) in [7, 11) is 1.64. The summed E-state index contributed by atoms with van der Waals surface area (Å²) < 4.78 is 5.17. The molecule has 0 radical (unpaired) electrons. The minimum absolute atomic E-state index is 0.318. The average molecular weight is 237 g/mol. The van der Waals surface area contributed by atoms with E-state index in [2.05, 4.69) is 5.32 Å². The van der Waals surface area contributed by atoms with Crippen molar-refractivity contribution >= 4 is 11.7 Å². The summed E-state index contributed by atoms with van der Waals surface area (Å²) in [6.45, 7) is 4.34. The molecule has 0 bridgehead atoms. The third-order valence-corrected chi connectivity index (χ3v) is 2.72. The smallest absolute Gasteiger partial charge is 0.306 e. The van der Waals surface area contributed by atoms with Crippen LogP contribution in [-0.2, 0) is 4.79 Å². The number of anilines is 1. The standard InChI is InChI=1S/C13H19NO3/c1-9(13(15)16)6-7-14-11-4-5-12(17-3)10(2)8-11/h4-5,8-9,14H,6-7H2,1-3H3,(H,15,16). The second-order valence-electron chi connectivity index (χ2n) is 4.14. The first-order chi connectivity index (χ1) is 8.04. The van der Waals surface area contributed by atoms with Gasteiger partial charge in [0.2, 0.25) is 0 Å². The third-order valence-electron chi connectivity index (χ3n) is 2.72. The van der Waals surface area contributed by atoms with E-state index in [0.29, 0.717) is 13.0 Å². The van der Waals surface area contributed by atoms with Crippen LogP contribution in [0, 0.1) is 12.8 Å². The fraction of sp³-hybridized carbons (Fsp3) is 0.462. The van der Waals surface area contributed by atoms with Crippen LogP contribution >= 0.6 is 0 Å². The number of carboxylic acids is 1. The molecule has 1 atom stereocenters. The van der Waals surface area contributed by atoms with E-state index in [1.165, 1.54) is 0 Å². The van der Waals surface area contributed by atoms with Gasteiger partial charge >= 0.3 is 5.97 Å². The maximum atomic E-state index is 10.6. The zero-order chi connectivity index (χ0) is 12.8. The number of carboxylic acid groups (broad SMARTS) is 1. The average Bonchev–Trinajstić information content (AvgIpc) is 2.29. The molecular formula is C13H19NO3. The molecule has 2 N–H and O–H groups in total. The Bertz CT molecular complexity index is 390. The van der Waals surface area contributed by atoms with Crippen molar-refractivity contribution in [3.8, 4) is 5.75 Å². The Morgan fingerprint density at radius 3 is 2.76 bits per heavy atom. The van der Waals surface area contributed by atoms with E-state index in [1.54, 1.807) is 14.0 Å². The molecular weight excluding hydrogens is 218 g/mol. The summed E-state index contributed by atoms with van der Waals surface area (Å²) in [4.78, 5) is 10.6. The monoisotopic (exact) mass is 237 g/mol. The van der Waals surface area contributed by atoms with Gasteiger partial charge < -0.3 is 15.2 Å². The number of nitrogens with one attached hydrogen (secondary N) is 1. The van der Waals surface area contributed by atoms with Crippen molar-refractivity contribution in [1.82, 2.24) is 0 Å². The van der Waals surface area contributed by atoms with E-state index >= 15 is 0 Å². The lowest BCUT2D eigenvalue weighted by atomic mass is 10.1. The van der Waals surface area contributed by atoms with Crippen molar-refractivity contribution in [2.24, 2.45) is 5.92 Å². The molecule has 0 fully saturated rings. The highest BCUT2D eigenvalue weighted by Crippen LogP contribution is 2.21. The van der Waals surface area contributed by atoms with Crippen molar-refractivity contribution < 1.29 is 14.6 Å². The summed E-state index contributed by atoms with van der Waals surface area (Å²) in [5, 5.41) is 12.0. The predicted octanol–water partition coefficient (Wildman–Crippen LogP) is 2.53.